The Labute approximate surface area is 176 Å². The molecule has 5 nitrogen and oxygen atoms in total. The molecule has 0 spiro atoms. The van der Waals surface area contributed by atoms with Crippen molar-refractivity contribution in [3.63, 3.8) is 0 Å². The number of halogens is 1. The second kappa shape index (κ2) is 7.84. The number of piperidine rings is 1. The molecule has 1 fully saturated rings. The summed E-state index contributed by atoms with van der Waals surface area (Å²) >= 11 is 6.31. The number of sulfone groups is 1. The molecule has 0 saturated carbocycles. The van der Waals surface area contributed by atoms with Gasteiger partial charge in [0.2, 0.25) is 26.6 Å². The fraction of sp³-hybridized carbons (Fsp3) is 0.318. The zero-order valence-electron chi connectivity index (χ0n) is 16.4. The highest BCUT2D eigenvalue weighted by atomic mass is 35.5. The van der Waals surface area contributed by atoms with Crippen LogP contribution in [-0.4, -0.2) is 26.5 Å². The lowest BCUT2D eigenvalue weighted by atomic mass is 9.99. The van der Waals surface area contributed by atoms with E-state index in [1.165, 1.54) is 0 Å². The normalized spacial score (nSPS) is 15.6. The first-order chi connectivity index (χ1) is 13.9. The summed E-state index contributed by atoms with van der Waals surface area (Å²) in [6.45, 7) is 5.59. The van der Waals surface area contributed by atoms with Crippen molar-refractivity contribution >= 4 is 27.3 Å². The minimum atomic E-state index is -3.84. The number of hydrogen-bond acceptors (Lipinski definition) is 5. The Hall–Kier alpha value is -2.31. The second-order valence-corrected chi connectivity index (χ2v) is 9.87. The zero-order chi connectivity index (χ0) is 20.6. The van der Waals surface area contributed by atoms with Gasteiger partial charge in [-0.05, 0) is 49.9 Å². The molecule has 0 radical (unpaired) electrons. The first-order valence-corrected chi connectivity index (χ1v) is 11.5. The summed E-state index contributed by atoms with van der Waals surface area (Å²) in [6, 6.07) is 13.9. The van der Waals surface area contributed by atoms with E-state index in [0.717, 1.165) is 31.5 Å². The minimum Gasteiger partial charge on any atom is -0.419 e. The molecule has 0 N–H and O–H groups in total. The highest BCUT2D eigenvalue weighted by Gasteiger charge is 2.33. The number of hydrogen-bond donors (Lipinski definition) is 0. The predicted molar refractivity (Wildman–Crippen MR) is 114 cm³/mol. The van der Waals surface area contributed by atoms with Gasteiger partial charge in [-0.3, -0.25) is 0 Å². The fourth-order valence-corrected chi connectivity index (χ4v) is 5.00. The van der Waals surface area contributed by atoms with E-state index in [1.807, 2.05) is 24.0 Å². The highest BCUT2D eigenvalue weighted by molar-refractivity contribution is 7.91. The maximum Gasteiger partial charge on any atom is 0.236 e. The van der Waals surface area contributed by atoms with Crippen molar-refractivity contribution in [2.75, 3.05) is 18.0 Å². The van der Waals surface area contributed by atoms with E-state index < -0.39 is 9.84 Å². The molecule has 2 heterocycles. The van der Waals surface area contributed by atoms with Crippen LogP contribution >= 0.6 is 11.6 Å². The molecule has 152 valence electrons. The van der Waals surface area contributed by atoms with Gasteiger partial charge >= 0.3 is 0 Å². The number of oxazole rings is 1. The Morgan fingerprint density at radius 2 is 1.72 bits per heavy atom. The van der Waals surface area contributed by atoms with Gasteiger partial charge in [0.15, 0.2) is 0 Å². The van der Waals surface area contributed by atoms with Crippen molar-refractivity contribution in [1.82, 2.24) is 4.98 Å². The van der Waals surface area contributed by atoms with Crippen LogP contribution in [0.15, 0.2) is 62.9 Å². The number of benzene rings is 2. The molecule has 0 aliphatic carbocycles. The molecule has 29 heavy (non-hydrogen) atoms. The quantitative estimate of drug-likeness (QED) is 0.556. The van der Waals surface area contributed by atoms with Crippen LogP contribution in [-0.2, 0) is 9.84 Å². The Balaban J connectivity index is 1.85. The van der Waals surface area contributed by atoms with Gasteiger partial charge in [-0.15, -0.1) is 0 Å². The SMILES string of the molecule is Cc1ccc(S(=O)(=O)c2nc(-c3ccccc3Cl)oc2N2CCC(C)CC2)cc1. The molecular formula is C22H23ClN2O3S. The third-order valence-corrected chi connectivity index (χ3v) is 7.34. The van der Waals surface area contributed by atoms with Crippen molar-refractivity contribution in [3.8, 4) is 11.5 Å². The summed E-state index contributed by atoms with van der Waals surface area (Å²) < 4.78 is 32.9. The Morgan fingerprint density at radius 1 is 1.07 bits per heavy atom. The van der Waals surface area contributed by atoms with E-state index in [1.54, 1.807) is 36.4 Å². The molecule has 2 aromatic carbocycles. The average molecular weight is 431 g/mol. The molecule has 0 unspecified atom stereocenters. The number of anilines is 1. The smallest absolute Gasteiger partial charge is 0.236 e. The monoisotopic (exact) mass is 430 g/mol. The molecule has 7 heteroatoms. The van der Waals surface area contributed by atoms with Crippen LogP contribution < -0.4 is 4.90 Å². The van der Waals surface area contributed by atoms with Crippen LogP contribution in [0, 0.1) is 12.8 Å². The van der Waals surface area contributed by atoms with Gasteiger partial charge in [-0.25, -0.2) is 8.42 Å². The second-order valence-electron chi connectivity index (χ2n) is 7.60. The topological polar surface area (TPSA) is 63.4 Å². The number of nitrogens with zero attached hydrogens (tertiary/aromatic N) is 2. The van der Waals surface area contributed by atoms with Gasteiger partial charge in [0, 0.05) is 13.1 Å². The number of rotatable bonds is 4. The molecule has 1 aliphatic rings. The van der Waals surface area contributed by atoms with Crippen molar-refractivity contribution in [3.05, 3.63) is 59.1 Å². The van der Waals surface area contributed by atoms with E-state index in [-0.39, 0.29) is 15.8 Å². The zero-order valence-corrected chi connectivity index (χ0v) is 18.0. The van der Waals surface area contributed by atoms with Gasteiger partial charge < -0.3 is 9.32 Å². The predicted octanol–water partition coefficient (Wildman–Crippen LogP) is 5.37. The standard InChI is InChI=1S/C22H23ClN2O3S/c1-15-7-9-17(10-8-15)29(26,27)21-22(25-13-11-16(2)12-14-25)28-20(24-21)18-5-3-4-6-19(18)23/h3-10,16H,11-14H2,1-2H3. The maximum atomic E-state index is 13.4. The molecule has 1 saturated heterocycles. The first kappa shape index (κ1) is 20.0. The number of aryl methyl sites for hydroxylation is 1. The average Bonchev–Trinajstić information content (AvgIpc) is 3.15. The van der Waals surface area contributed by atoms with Gasteiger partial charge in [-0.1, -0.05) is 48.4 Å². The Morgan fingerprint density at radius 3 is 2.38 bits per heavy atom. The van der Waals surface area contributed by atoms with E-state index in [4.69, 9.17) is 16.0 Å². The molecule has 0 amide bonds. The van der Waals surface area contributed by atoms with Gasteiger partial charge in [-0.2, -0.15) is 4.98 Å². The summed E-state index contributed by atoms with van der Waals surface area (Å²) in [6.07, 6.45) is 1.96. The lowest BCUT2D eigenvalue weighted by Crippen LogP contribution is -2.33. The summed E-state index contributed by atoms with van der Waals surface area (Å²) in [4.78, 5) is 6.61. The van der Waals surface area contributed by atoms with E-state index in [9.17, 15) is 8.42 Å². The molecule has 4 rings (SSSR count). The lowest BCUT2D eigenvalue weighted by Gasteiger charge is -2.30. The van der Waals surface area contributed by atoms with Crippen molar-refractivity contribution in [2.24, 2.45) is 5.92 Å². The summed E-state index contributed by atoms with van der Waals surface area (Å²) in [7, 11) is -3.84. The van der Waals surface area contributed by atoms with Crippen LogP contribution in [0.1, 0.15) is 25.3 Å². The molecule has 1 aromatic heterocycles. The highest BCUT2D eigenvalue weighted by Crippen LogP contribution is 2.38. The van der Waals surface area contributed by atoms with E-state index in [2.05, 4.69) is 11.9 Å². The van der Waals surface area contributed by atoms with E-state index >= 15 is 0 Å². The molecule has 0 bridgehead atoms. The summed E-state index contributed by atoms with van der Waals surface area (Å²) in [5.74, 6) is 1.12. The largest absolute Gasteiger partial charge is 0.419 e. The molecule has 0 atom stereocenters. The number of aromatic nitrogens is 1. The van der Waals surface area contributed by atoms with Crippen molar-refractivity contribution in [1.29, 1.82) is 0 Å². The van der Waals surface area contributed by atoms with Gasteiger partial charge in [0.05, 0.1) is 15.5 Å². The summed E-state index contributed by atoms with van der Waals surface area (Å²) in [5, 5.41) is 0.415. The van der Waals surface area contributed by atoms with Crippen LogP contribution in [0.2, 0.25) is 5.02 Å². The molecular weight excluding hydrogens is 408 g/mol. The van der Waals surface area contributed by atoms with Crippen LogP contribution in [0.4, 0.5) is 5.88 Å². The first-order valence-electron chi connectivity index (χ1n) is 9.68. The van der Waals surface area contributed by atoms with Crippen molar-refractivity contribution in [2.45, 2.75) is 36.6 Å². The lowest BCUT2D eigenvalue weighted by molar-refractivity contribution is 0.416. The third-order valence-electron chi connectivity index (χ3n) is 5.34. The minimum absolute atomic E-state index is 0.0502. The Bertz CT molecular complexity index is 1120. The molecule has 3 aromatic rings. The Kier molecular flexibility index (Phi) is 5.40. The van der Waals surface area contributed by atoms with Crippen LogP contribution in [0.25, 0.3) is 11.5 Å². The fourth-order valence-electron chi connectivity index (χ4n) is 3.46. The maximum absolute atomic E-state index is 13.4. The van der Waals surface area contributed by atoms with Crippen molar-refractivity contribution < 1.29 is 12.8 Å². The summed E-state index contributed by atoms with van der Waals surface area (Å²) in [5.41, 5.74) is 1.57. The third kappa shape index (κ3) is 3.91. The van der Waals surface area contributed by atoms with Crippen LogP contribution in [0.5, 0.6) is 0 Å². The van der Waals surface area contributed by atoms with Crippen LogP contribution in [0.3, 0.4) is 0 Å². The van der Waals surface area contributed by atoms with E-state index in [0.29, 0.717) is 22.4 Å². The van der Waals surface area contributed by atoms with Gasteiger partial charge in [0.25, 0.3) is 0 Å². The molecule has 1 aliphatic heterocycles. The van der Waals surface area contributed by atoms with Gasteiger partial charge in [0.1, 0.15) is 0 Å².